The van der Waals surface area contributed by atoms with Gasteiger partial charge in [-0.25, -0.2) is 0 Å². The minimum atomic E-state index is -1.27. The summed E-state index contributed by atoms with van der Waals surface area (Å²) >= 11 is 0. The number of methoxy groups -OCH3 is 2. The predicted molar refractivity (Wildman–Crippen MR) is 252 cm³/mol. The Morgan fingerprint density at radius 3 is 2.15 bits per heavy atom. The van der Waals surface area contributed by atoms with Crippen LogP contribution in [-0.4, -0.2) is 169 Å². The van der Waals surface area contributed by atoms with Gasteiger partial charge in [-0.15, -0.1) is 0 Å². The van der Waals surface area contributed by atoms with Crippen LogP contribution in [0.1, 0.15) is 119 Å². The molecule has 2 saturated heterocycles. The number of carbonyl (C=O) groups is 2. The first-order valence-electron chi connectivity index (χ1n) is 24.9. The number of aliphatic hydroxyl groups excluding tert-OH is 4. The molecule has 0 radical (unpaired) electrons. The van der Waals surface area contributed by atoms with E-state index in [1.807, 2.05) is 33.0 Å². The van der Waals surface area contributed by atoms with Crippen molar-refractivity contribution in [2.75, 3.05) is 41.5 Å². The van der Waals surface area contributed by atoms with Crippen molar-refractivity contribution in [1.82, 2.24) is 9.91 Å². The number of ether oxygens (including phenoxy) is 7. The van der Waals surface area contributed by atoms with Crippen LogP contribution in [0, 0.1) is 23.7 Å². The summed E-state index contributed by atoms with van der Waals surface area (Å²) < 4.78 is 42.6. The number of unbranched alkanes of at least 4 members (excludes halogenated alkanes) is 5. The first-order valence-corrected chi connectivity index (χ1v) is 24.9. The molecule has 4 aliphatic heterocycles. The molecule has 4 heterocycles. The lowest BCUT2D eigenvalue weighted by Crippen LogP contribution is -2.63. The van der Waals surface area contributed by atoms with Gasteiger partial charge in [-0.05, 0) is 78.6 Å². The van der Waals surface area contributed by atoms with E-state index in [0.717, 1.165) is 18.4 Å². The maximum atomic E-state index is 14.0. The third-order valence-electron chi connectivity index (χ3n) is 14.1. The number of rotatable bonds is 19. The molecule has 0 aromatic carbocycles. The highest BCUT2D eigenvalue weighted by Gasteiger charge is 2.48. The Morgan fingerprint density at radius 1 is 0.836 bits per heavy atom. The van der Waals surface area contributed by atoms with Gasteiger partial charge >= 0.3 is 5.97 Å². The molecular formula is C50H86N4O13. The number of hydrogen-bond acceptors (Lipinski definition) is 17. The van der Waals surface area contributed by atoms with Crippen LogP contribution in [0.5, 0.6) is 0 Å². The molecule has 0 spiro atoms. The zero-order valence-corrected chi connectivity index (χ0v) is 42.2. The van der Waals surface area contributed by atoms with E-state index in [-0.39, 0.29) is 24.9 Å². The van der Waals surface area contributed by atoms with Gasteiger partial charge in [0.2, 0.25) is 0 Å². The smallest absolute Gasteiger partial charge is 0.308 e. The van der Waals surface area contributed by atoms with Crippen molar-refractivity contribution in [2.24, 2.45) is 34.0 Å². The standard InChI is InChI=1S/C50H86N4O13/c1-12-14-15-16-17-18-19-37-23-25-54(52-51-37)24-22-35-27-31(4)38(55)21-20-30(3)26-36(29-63-50-48(62-11)47(61-10)44(59)34(7)65-50)40(13-2)66-41(57)28-39(56)32(5)46(35)67-49-45(60)42(53(8)9)43(58)33(6)64-49/h20-21,23,25-26,31-37,39-40,42-50,56,58-60H,12-19,22,24,27-29H2,1-11H3/b21-20+,30-26+/t31-,32+,33-,34?,35+,36-,37?,39-,40-,42?,43-,44-,45?,46-,47+,48?,49+,50-/m1/s1. The molecule has 17 nitrogen and oxygen atoms in total. The molecule has 0 saturated carbocycles. The van der Waals surface area contributed by atoms with Crippen LogP contribution in [0.4, 0.5) is 0 Å². The summed E-state index contributed by atoms with van der Waals surface area (Å²) in [6, 6.07) is -0.709. The average molecular weight is 951 g/mol. The number of likely N-dealkylation sites (N-methyl/N-ethyl adjacent to an activating group) is 1. The summed E-state index contributed by atoms with van der Waals surface area (Å²) in [6.07, 6.45) is 7.24. The van der Waals surface area contributed by atoms with Crippen molar-refractivity contribution in [2.45, 2.75) is 205 Å². The summed E-state index contributed by atoms with van der Waals surface area (Å²) in [7, 11) is 6.50. The summed E-state index contributed by atoms with van der Waals surface area (Å²) in [5, 5.41) is 56.3. The second kappa shape index (κ2) is 28.2. The summed E-state index contributed by atoms with van der Waals surface area (Å²) in [5.74, 6) is -2.91. The van der Waals surface area contributed by atoms with Crippen LogP contribution in [-0.2, 0) is 42.7 Å². The molecule has 5 unspecified atom stereocenters. The normalized spacial score (nSPS) is 39.6. The molecule has 67 heavy (non-hydrogen) atoms. The van der Waals surface area contributed by atoms with Crippen molar-refractivity contribution in [3.8, 4) is 0 Å². The third-order valence-corrected chi connectivity index (χ3v) is 14.1. The fourth-order valence-corrected chi connectivity index (χ4v) is 9.79. The van der Waals surface area contributed by atoms with E-state index < -0.39 is 109 Å². The number of nitrogens with zero attached hydrogens (tertiary/aromatic N) is 4. The van der Waals surface area contributed by atoms with Crippen molar-refractivity contribution >= 4 is 11.8 Å². The Labute approximate surface area is 400 Å². The number of aliphatic hydroxyl groups is 4. The van der Waals surface area contributed by atoms with Crippen LogP contribution < -0.4 is 0 Å². The molecule has 0 amide bonds. The van der Waals surface area contributed by atoms with Gasteiger partial charge in [0.05, 0.1) is 55.6 Å². The highest BCUT2D eigenvalue weighted by atomic mass is 16.7. The van der Waals surface area contributed by atoms with Gasteiger partial charge < -0.3 is 58.5 Å². The average Bonchev–Trinajstić information content (AvgIpc) is 3.30. The van der Waals surface area contributed by atoms with E-state index in [0.29, 0.717) is 25.8 Å². The summed E-state index contributed by atoms with van der Waals surface area (Å²) in [6.45, 7) is 13.5. The zero-order chi connectivity index (χ0) is 49.4. The van der Waals surface area contributed by atoms with Crippen molar-refractivity contribution in [1.29, 1.82) is 0 Å². The molecule has 0 aromatic heterocycles. The van der Waals surface area contributed by atoms with Gasteiger partial charge in [-0.1, -0.05) is 89.2 Å². The molecule has 0 bridgehead atoms. The number of allylic oxidation sites excluding steroid dienone is 3. The van der Waals surface area contributed by atoms with E-state index in [9.17, 15) is 30.0 Å². The molecule has 4 rings (SSSR count). The van der Waals surface area contributed by atoms with Crippen LogP contribution in [0.3, 0.4) is 0 Å². The van der Waals surface area contributed by atoms with Crippen LogP contribution in [0.25, 0.3) is 0 Å². The number of cyclic esters (lactones) is 1. The van der Waals surface area contributed by atoms with Crippen molar-refractivity contribution in [3.63, 3.8) is 0 Å². The van der Waals surface area contributed by atoms with Crippen LogP contribution >= 0.6 is 0 Å². The van der Waals surface area contributed by atoms with Crippen molar-refractivity contribution in [3.05, 3.63) is 36.1 Å². The molecule has 4 aliphatic rings. The SMILES string of the molecule is CCCCCCCCC1C=CN(CC[C@H]2C[C@@H](C)C(=O)/C=C/C(C)=C/[C@H](CO[C@@H]3OC(C)[C@@H](O)[C@H](OC)C3OC)[C@@H](CC)OC(=O)C[C@@H](O)[C@H](C)[C@H]2O[C@@H]2O[C@H](C)[C@@H](O)C(N(C)C)C2O)N=N1. The number of esters is 1. The van der Waals surface area contributed by atoms with E-state index >= 15 is 0 Å². The van der Waals surface area contributed by atoms with Gasteiger partial charge in [0.1, 0.15) is 30.5 Å². The minimum Gasteiger partial charge on any atom is -0.462 e. The first kappa shape index (κ1) is 56.9. The molecule has 17 heteroatoms. The molecular weight excluding hydrogens is 865 g/mol. The number of carbonyl (C=O) groups excluding carboxylic acids is 2. The minimum absolute atomic E-state index is 0.0106. The number of ketones is 1. The fraction of sp³-hybridized carbons (Fsp3) is 0.840. The van der Waals surface area contributed by atoms with E-state index in [1.165, 1.54) is 46.3 Å². The summed E-state index contributed by atoms with van der Waals surface area (Å²) in [5.41, 5.74) is 0.737. The monoisotopic (exact) mass is 951 g/mol. The predicted octanol–water partition coefficient (Wildman–Crippen LogP) is 5.68. The topological polar surface area (TPSA) is 211 Å². The molecule has 0 aliphatic carbocycles. The molecule has 18 atom stereocenters. The second-order valence-corrected chi connectivity index (χ2v) is 19.6. The van der Waals surface area contributed by atoms with E-state index in [1.54, 1.807) is 56.9 Å². The second-order valence-electron chi connectivity index (χ2n) is 19.6. The Hall–Kier alpha value is -2.68. The third kappa shape index (κ3) is 16.4. The highest BCUT2D eigenvalue weighted by Crippen LogP contribution is 2.36. The maximum Gasteiger partial charge on any atom is 0.308 e. The van der Waals surface area contributed by atoms with E-state index in [2.05, 4.69) is 23.3 Å². The largest absolute Gasteiger partial charge is 0.462 e. The quantitative estimate of drug-likeness (QED) is 0.0907. The maximum absolute atomic E-state index is 14.0. The lowest BCUT2D eigenvalue weighted by atomic mass is 9.79. The van der Waals surface area contributed by atoms with Crippen LogP contribution in [0.15, 0.2) is 46.4 Å². The Balaban J connectivity index is 1.64. The molecule has 4 N–H and O–H groups in total. The lowest BCUT2D eigenvalue weighted by Gasteiger charge is -2.46. The summed E-state index contributed by atoms with van der Waals surface area (Å²) in [4.78, 5) is 29.7. The Kier molecular flexibility index (Phi) is 24.0. The Morgan fingerprint density at radius 2 is 1.51 bits per heavy atom. The van der Waals surface area contributed by atoms with E-state index in [4.69, 9.17) is 33.2 Å². The highest BCUT2D eigenvalue weighted by molar-refractivity contribution is 5.91. The van der Waals surface area contributed by atoms with Gasteiger partial charge in [-0.2, -0.15) is 5.11 Å². The van der Waals surface area contributed by atoms with Gasteiger partial charge in [-0.3, -0.25) is 14.6 Å². The van der Waals surface area contributed by atoms with Gasteiger partial charge in [0, 0.05) is 44.7 Å². The molecule has 2 fully saturated rings. The van der Waals surface area contributed by atoms with Gasteiger partial charge in [0.25, 0.3) is 0 Å². The van der Waals surface area contributed by atoms with Gasteiger partial charge in [0.15, 0.2) is 18.4 Å². The first-order chi connectivity index (χ1) is 31.9. The Bertz CT molecular complexity index is 1600. The van der Waals surface area contributed by atoms with Crippen LogP contribution in [0.2, 0.25) is 0 Å². The fourth-order valence-electron chi connectivity index (χ4n) is 9.79. The zero-order valence-electron chi connectivity index (χ0n) is 42.2. The lowest BCUT2D eigenvalue weighted by molar-refractivity contribution is -0.304. The number of hydrogen-bond donors (Lipinski definition) is 4. The van der Waals surface area contributed by atoms with Crippen molar-refractivity contribution < 1.29 is 63.2 Å². The molecule has 0 aromatic rings. The molecule has 384 valence electrons.